The molecule has 182 valence electrons. The Labute approximate surface area is 198 Å². The van der Waals surface area contributed by atoms with Crippen molar-refractivity contribution in [1.82, 2.24) is 5.32 Å². The minimum Gasteiger partial charge on any atom is -0.348 e. The molecule has 0 unspecified atom stereocenters. The van der Waals surface area contributed by atoms with Crippen molar-refractivity contribution in [3.05, 3.63) is 47.5 Å². The van der Waals surface area contributed by atoms with Crippen LogP contribution in [0.1, 0.15) is 121 Å². The van der Waals surface area contributed by atoms with Gasteiger partial charge in [-0.3, -0.25) is 4.79 Å². The number of amides is 1. The van der Waals surface area contributed by atoms with Crippen molar-refractivity contribution in [2.45, 2.75) is 123 Å². The summed E-state index contributed by atoms with van der Waals surface area (Å²) in [5.41, 5.74) is 8.35. The van der Waals surface area contributed by atoms with E-state index in [1.165, 1.54) is 108 Å². The zero-order chi connectivity index (χ0) is 23.3. The number of nitrogens with two attached hydrogens (primary N) is 1. The van der Waals surface area contributed by atoms with Crippen molar-refractivity contribution in [2.24, 2.45) is 5.73 Å². The van der Waals surface area contributed by atoms with E-state index in [1.807, 2.05) is 0 Å². The average molecular weight is 443 g/mol. The highest BCUT2D eigenvalue weighted by atomic mass is 16.1. The van der Waals surface area contributed by atoms with Crippen molar-refractivity contribution in [3.63, 3.8) is 0 Å². The zero-order valence-corrected chi connectivity index (χ0v) is 20.9. The van der Waals surface area contributed by atoms with Gasteiger partial charge in [0.2, 0.25) is 5.91 Å². The molecule has 0 atom stereocenters. The molecule has 0 aliphatic carbocycles. The second-order valence-corrected chi connectivity index (χ2v) is 9.36. The zero-order valence-electron chi connectivity index (χ0n) is 20.9. The topological polar surface area (TPSA) is 55.1 Å². The lowest BCUT2D eigenvalue weighted by atomic mass is 10.0. The van der Waals surface area contributed by atoms with Crippen LogP contribution in [0.3, 0.4) is 0 Å². The van der Waals surface area contributed by atoms with Gasteiger partial charge >= 0.3 is 0 Å². The third-order valence-electron chi connectivity index (χ3n) is 6.36. The summed E-state index contributed by atoms with van der Waals surface area (Å²) in [5, 5.41) is 2.85. The van der Waals surface area contributed by atoms with E-state index in [2.05, 4.69) is 43.1 Å². The van der Waals surface area contributed by atoms with Crippen LogP contribution in [0.2, 0.25) is 0 Å². The van der Waals surface area contributed by atoms with Crippen LogP contribution in [0.5, 0.6) is 0 Å². The summed E-state index contributed by atoms with van der Waals surface area (Å²) in [6.45, 7) is 6.67. The number of hydrogen-bond donors (Lipinski definition) is 2. The molecular formula is C29H50N2O. The van der Waals surface area contributed by atoms with Crippen LogP contribution in [0, 0.1) is 0 Å². The van der Waals surface area contributed by atoms with E-state index >= 15 is 0 Å². The number of rotatable bonds is 21. The molecule has 0 spiro atoms. The van der Waals surface area contributed by atoms with Crippen LogP contribution < -0.4 is 11.1 Å². The van der Waals surface area contributed by atoms with E-state index < -0.39 is 0 Å². The van der Waals surface area contributed by atoms with Crippen LogP contribution >= 0.6 is 0 Å². The van der Waals surface area contributed by atoms with Gasteiger partial charge in [-0.05, 0) is 24.0 Å². The minimum atomic E-state index is -0.162. The predicted molar refractivity (Wildman–Crippen MR) is 140 cm³/mol. The molecule has 1 rings (SSSR count). The van der Waals surface area contributed by atoms with Gasteiger partial charge in [-0.15, -0.1) is 0 Å². The third kappa shape index (κ3) is 15.2. The molecule has 0 aliphatic rings. The van der Waals surface area contributed by atoms with Gasteiger partial charge in [0.1, 0.15) is 0 Å². The first-order valence-electron chi connectivity index (χ1n) is 13.4. The Hall–Kier alpha value is -1.61. The maximum Gasteiger partial charge on any atom is 0.248 e. The van der Waals surface area contributed by atoms with Gasteiger partial charge in [-0.1, -0.05) is 134 Å². The first kappa shape index (κ1) is 28.4. The van der Waals surface area contributed by atoms with E-state index in [0.717, 1.165) is 12.0 Å². The monoisotopic (exact) mass is 442 g/mol. The van der Waals surface area contributed by atoms with E-state index in [9.17, 15) is 4.79 Å². The fourth-order valence-electron chi connectivity index (χ4n) is 4.10. The van der Waals surface area contributed by atoms with Gasteiger partial charge in [0.15, 0.2) is 0 Å². The lowest BCUT2D eigenvalue weighted by molar-refractivity contribution is -0.117. The summed E-state index contributed by atoms with van der Waals surface area (Å²) in [6.07, 6.45) is 23.7. The summed E-state index contributed by atoms with van der Waals surface area (Å²) in [7, 11) is 0. The van der Waals surface area contributed by atoms with Crippen LogP contribution in [-0.4, -0.2) is 12.5 Å². The highest BCUT2D eigenvalue weighted by Crippen LogP contribution is 2.15. The van der Waals surface area contributed by atoms with Crippen molar-refractivity contribution in [1.29, 1.82) is 0 Å². The largest absolute Gasteiger partial charge is 0.348 e. The first-order valence-corrected chi connectivity index (χ1v) is 13.4. The Balaban J connectivity index is 1.91. The maximum atomic E-state index is 11.7. The van der Waals surface area contributed by atoms with Crippen LogP contribution in [0.25, 0.3) is 0 Å². The number of nitrogens with one attached hydrogen (secondary N) is 1. The summed E-state index contributed by atoms with van der Waals surface area (Å²) in [5.74, 6) is -0.162. The second-order valence-electron chi connectivity index (χ2n) is 9.36. The van der Waals surface area contributed by atoms with E-state index in [4.69, 9.17) is 5.73 Å². The Morgan fingerprint density at radius 2 is 1.12 bits per heavy atom. The standard InChI is InChI=1S/C29H50N2O/c1-3-4-5-6-7-8-9-10-11-12-13-14-15-16-17-18-19-27-20-22-28(23-21-27)25-31-29(32)26(2)24-30/h20-23H,2-19,24-25,30H2,1H3,(H,31,32). The molecule has 0 saturated carbocycles. The highest BCUT2D eigenvalue weighted by Gasteiger charge is 2.04. The molecule has 0 saturated heterocycles. The fraction of sp³-hybridized carbons (Fsp3) is 0.690. The van der Waals surface area contributed by atoms with Crippen LogP contribution in [0.4, 0.5) is 0 Å². The lowest BCUT2D eigenvalue weighted by Crippen LogP contribution is -2.27. The molecule has 0 heterocycles. The summed E-state index contributed by atoms with van der Waals surface area (Å²) in [6, 6.07) is 8.58. The normalized spacial score (nSPS) is 10.9. The van der Waals surface area contributed by atoms with E-state index in [0.29, 0.717) is 12.1 Å². The molecule has 0 radical (unpaired) electrons. The number of carbonyl (C=O) groups is 1. The Morgan fingerprint density at radius 1 is 0.719 bits per heavy atom. The van der Waals surface area contributed by atoms with Crippen LogP contribution in [0.15, 0.2) is 36.4 Å². The first-order chi connectivity index (χ1) is 15.7. The minimum absolute atomic E-state index is 0.162. The maximum absolute atomic E-state index is 11.7. The molecule has 3 heteroatoms. The summed E-state index contributed by atoms with van der Waals surface area (Å²) >= 11 is 0. The highest BCUT2D eigenvalue weighted by molar-refractivity contribution is 5.93. The number of carbonyl (C=O) groups excluding carboxylic acids is 1. The molecule has 32 heavy (non-hydrogen) atoms. The van der Waals surface area contributed by atoms with E-state index in [1.54, 1.807) is 0 Å². The van der Waals surface area contributed by atoms with Gasteiger partial charge in [0.05, 0.1) is 0 Å². The van der Waals surface area contributed by atoms with Gasteiger partial charge in [0.25, 0.3) is 0 Å². The Morgan fingerprint density at radius 3 is 1.56 bits per heavy atom. The van der Waals surface area contributed by atoms with Crippen molar-refractivity contribution < 1.29 is 4.79 Å². The molecule has 0 aliphatic heterocycles. The molecule has 3 N–H and O–H groups in total. The summed E-state index contributed by atoms with van der Waals surface area (Å²) < 4.78 is 0. The molecular weight excluding hydrogens is 392 g/mol. The number of hydrogen-bond acceptors (Lipinski definition) is 2. The average Bonchev–Trinajstić information content (AvgIpc) is 2.82. The van der Waals surface area contributed by atoms with E-state index in [-0.39, 0.29) is 12.5 Å². The second kappa shape index (κ2) is 20.0. The lowest BCUT2D eigenvalue weighted by Gasteiger charge is -2.07. The van der Waals surface area contributed by atoms with Gasteiger partial charge in [-0.2, -0.15) is 0 Å². The van der Waals surface area contributed by atoms with Gasteiger partial charge in [-0.25, -0.2) is 0 Å². The Bertz CT molecular complexity index is 594. The number of unbranched alkanes of at least 4 members (excludes halogenated alkanes) is 15. The third-order valence-corrected chi connectivity index (χ3v) is 6.36. The molecule has 0 aromatic heterocycles. The quantitative estimate of drug-likeness (QED) is 0.152. The molecule has 3 nitrogen and oxygen atoms in total. The smallest absolute Gasteiger partial charge is 0.248 e. The fourth-order valence-corrected chi connectivity index (χ4v) is 4.10. The van der Waals surface area contributed by atoms with Crippen molar-refractivity contribution >= 4 is 5.91 Å². The molecule has 1 aromatic rings. The SMILES string of the molecule is C=C(CN)C(=O)NCc1ccc(CCCCCCCCCCCCCCCCCC)cc1. The Kier molecular flexibility index (Phi) is 17.8. The molecule has 1 aromatic carbocycles. The van der Waals surface area contributed by atoms with Gasteiger partial charge < -0.3 is 11.1 Å². The van der Waals surface area contributed by atoms with Crippen LogP contribution in [-0.2, 0) is 17.8 Å². The van der Waals surface area contributed by atoms with Gasteiger partial charge in [0, 0.05) is 18.7 Å². The number of benzene rings is 1. The molecule has 1 amide bonds. The van der Waals surface area contributed by atoms with Crippen molar-refractivity contribution in [2.75, 3.05) is 6.54 Å². The van der Waals surface area contributed by atoms with Crippen molar-refractivity contribution in [3.8, 4) is 0 Å². The molecule has 0 bridgehead atoms. The predicted octanol–water partition coefficient (Wildman–Crippen LogP) is 7.62. The number of aryl methyl sites for hydroxylation is 1. The molecule has 0 fully saturated rings. The summed E-state index contributed by atoms with van der Waals surface area (Å²) in [4.78, 5) is 11.7.